The van der Waals surface area contributed by atoms with E-state index in [4.69, 9.17) is 16.7 Å². The van der Waals surface area contributed by atoms with E-state index in [-0.39, 0.29) is 23.6 Å². The summed E-state index contributed by atoms with van der Waals surface area (Å²) in [5.41, 5.74) is 2.09. The van der Waals surface area contributed by atoms with Gasteiger partial charge in [-0.2, -0.15) is 20.0 Å². The topological polar surface area (TPSA) is 167 Å². The number of fused-ring (bicyclic) bond motifs is 1. The number of rotatable bonds is 6. The summed E-state index contributed by atoms with van der Waals surface area (Å²) in [5.74, 6) is 0.727. The van der Waals surface area contributed by atoms with E-state index in [2.05, 4.69) is 43.2 Å². The van der Waals surface area contributed by atoms with Crippen LogP contribution in [0.3, 0.4) is 0 Å². The molecule has 4 N–H and O–H groups in total. The van der Waals surface area contributed by atoms with Crippen molar-refractivity contribution in [1.29, 1.82) is 10.5 Å². The lowest BCUT2D eigenvalue weighted by atomic mass is 10.1. The number of anilines is 4. The Morgan fingerprint density at radius 3 is 2.74 bits per heavy atom. The smallest absolute Gasteiger partial charge is 0.404 e. The summed E-state index contributed by atoms with van der Waals surface area (Å²) >= 11 is 6.77. The van der Waals surface area contributed by atoms with Gasteiger partial charge in [-0.1, -0.05) is 18.5 Å². The van der Waals surface area contributed by atoms with Gasteiger partial charge in [-0.15, -0.1) is 5.10 Å². The SMILES string of the molecule is C[C@H]1CN(c2cc(C#N)cc(Nc3nc(NC4CC4)c4ncc(C#N)n4n3)c2Cl)C[C@H]1NC(=O)O. The van der Waals surface area contributed by atoms with Gasteiger partial charge in [0.05, 0.1) is 40.3 Å². The molecule has 0 radical (unpaired) electrons. The van der Waals surface area contributed by atoms with Gasteiger partial charge in [0.2, 0.25) is 5.95 Å². The number of carbonyl (C=O) groups is 1. The van der Waals surface area contributed by atoms with Crippen molar-refractivity contribution in [3.8, 4) is 12.1 Å². The predicted molar refractivity (Wildman–Crippen MR) is 128 cm³/mol. The number of aromatic nitrogens is 4. The second kappa shape index (κ2) is 8.81. The van der Waals surface area contributed by atoms with Crippen LogP contribution in [-0.2, 0) is 0 Å². The molecule has 13 heteroatoms. The number of carboxylic acid groups (broad SMARTS) is 1. The summed E-state index contributed by atoms with van der Waals surface area (Å²) in [4.78, 5) is 21.9. The van der Waals surface area contributed by atoms with E-state index in [1.807, 2.05) is 11.8 Å². The molecule has 1 aliphatic carbocycles. The number of imidazole rings is 1. The fourth-order valence-corrected chi connectivity index (χ4v) is 4.43. The average molecular weight is 493 g/mol. The molecule has 3 heterocycles. The van der Waals surface area contributed by atoms with E-state index in [1.165, 1.54) is 10.7 Å². The number of nitrogens with zero attached hydrogens (tertiary/aromatic N) is 7. The van der Waals surface area contributed by atoms with Crippen molar-refractivity contribution in [1.82, 2.24) is 24.9 Å². The molecule has 1 aliphatic heterocycles. The van der Waals surface area contributed by atoms with Gasteiger partial charge in [-0.25, -0.2) is 9.78 Å². The van der Waals surface area contributed by atoms with Crippen LogP contribution in [0.4, 0.5) is 27.9 Å². The Morgan fingerprint density at radius 2 is 2.06 bits per heavy atom. The third kappa shape index (κ3) is 4.44. The Balaban J connectivity index is 1.51. The zero-order chi connectivity index (χ0) is 24.7. The molecular weight excluding hydrogens is 472 g/mol. The molecule has 1 aromatic carbocycles. The van der Waals surface area contributed by atoms with Gasteiger partial charge in [0, 0.05) is 19.1 Å². The standard InChI is InChI=1S/C22H21ClN10O2/c1-11-9-32(10-16(11)29-22(34)35)17-5-12(6-24)4-15(18(17)23)28-21-30-19(27-13-2-3-13)20-26-8-14(7-25)33(20)31-21/h4-5,8,11,13,16,29H,2-3,9-10H2,1H3,(H,34,35)(H2,27,28,30,31)/t11-,16+/m0/s1. The van der Waals surface area contributed by atoms with E-state index in [9.17, 15) is 15.3 Å². The molecule has 1 amide bonds. The van der Waals surface area contributed by atoms with Crippen molar-refractivity contribution in [2.45, 2.75) is 31.8 Å². The van der Waals surface area contributed by atoms with Gasteiger partial charge in [-0.05, 0) is 30.9 Å². The number of hydrogen-bond acceptors (Lipinski definition) is 9. The first kappa shape index (κ1) is 22.5. The Hall–Kier alpha value is -4.29. The number of benzene rings is 1. The lowest BCUT2D eigenvalue weighted by molar-refractivity contribution is 0.188. The quantitative estimate of drug-likeness (QED) is 0.401. The third-order valence-corrected chi connectivity index (χ3v) is 6.48. The summed E-state index contributed by atoms with van der Waals surface area (Å²) in [7, 11) is 0. The highest BCUT2D eigenvalue weighted by molar-refractivity contribution is 6.36. The van der Waals surface area contributed by atoms with Crippen LogP contribution in [0.5, 0.6) is 0 Å². The molecule has 0 spiro atoms. The molecule has 178 valence electrons. The summed E-state index contributed by atoms with van der Waals surface area (Å²) < 4.78 is 1.41. The van der Waals surface area contributed by atoms with Crippen LogP contribution in [0, 0.1) is 28.6 Å². The maximum Gasteiger partial charge on any atom is 0.404 e. The predicted octanol–water partition coefficient (Wildman–Crippen LogP) is 2.93. The van der Waals surface area contributed by atoms with E-state index in [0.29, 0.717) is 52.6 Å². The molecule has 2 atom stereocenters. The van der Waals surface area contributed by atoms with Crippen molar-refractivity contribution in [3.63, 3.8) is 0 Å². The van der Waals surface area contributed by atoms with Crippen molar-refractivity contribution in [3.05, 3.63) is 34.6 Å². The van der Waals surface area contributed by atoms with Crippen molar-refractivity contribution < 1.29 is 9.90 Å². The zero-order valence-corrected chi connectivity index (χ0v) is 19.4. The molecule has 0 unspecified atom stereocenters. The second-order valence-electron chi connectivity index (χ2n) is 8.73. The minimum Gasteiger partial charge on any atom is -0.465 e. The minimum atomic E-state index is -1.08. The maximum absolute atomic E-state index is 11.1. The molecular formula is C22H21ClN10O2. The highest BCUT2D eigenvalue weighted by Crippen LogP contribution is 2.38. The number of halogens is 1. The molecule has 0 bridgehead atoms. The van der Waals surface area contributed by atoms with Crippen LogP contribution >= 0.6 is 11.6 Å². The summed E-state index contributed by atoms with van der Waals surface area (Å²) in [5, 5.41) is 41.9. The lowest BCUT2D eigenvalue weighted by Crippen LogP contribution is -2.38. The first-order valence-corrected chi connectivity index (χ1v) is 11.4. The maximum atomic E-state index is 11.1. The van der Waals surface area contributed by atoms with Crippen LogP contribution in [0.1, 0.15) is 31.0 Å². The van der Waals surface area contributed by atoms with Gasteiger partial charge < -0.3 is 26.0 Å². The molecule has 12 nitrogen and oxygen atoms in total. The highest BCUT2D eigenvalue weighted by Gasteiger charge is 2.32. The lowest BCUT2D eigenvalue weighted by Gasteiger charge is -2.22. The van der Waals surface area contributed by atoms with Crippen molar-refractivity contribution >= 4 is 46.5 Å². The Kier molecular flexibility index (Phi) is 5.67. The van der Waals surface area contributed by atoms with Crippen molar-refractivity contribution in [2.24, 2.45) is 5.92 Å². The molecule has 2 fully saturated rings. The molecule has 5 rings (SSSR count). The Morgan fingerprint density at radius 1 is 1.26 bits per heavy atom. The average Bonchev–Trinajstić information content (AvgIpc) is 3.43. The van der Waals surface area contributed by atoms with Gasteiger partial charge in [0.15, 0.2) is 17.2 Å². The molecule has 35 heavy (non-hydrogen) atoms. The molecule has 1 saturated heterocycles. The highest BCUT2D eigenvalue weighted by atomic mass is 35.5. The van der Waals surface area contributed by atoms with E-state index in [1.54, 1.807) is 12.1 Å². The van der Waals surface area contributed by atoms with Crippen LogP contribution in [0.2, 0.25) is 5.02 Å². The molecule has 3 aromatic rings. The van der Waals surface area contributed by atoms with E-state index >= 15 is 0 Å². The van der Waals surface area contributed by atoms with Crippen LogP contribution in [-0.4, -0.2) is 56.0 Å². The number of hydrogen-bond donors (Lipinski definition) is 4. The van der Waals surface area contributed by atoms with Crippen LogP contribution in [0.25, 0.3) is 5.65 Å². The van der Waals surface area contributed by atoms with Gasteiger partial charge >= 0.3 is 6.09 Å². The zero-order valence-electron chi connectivity index (χ0n) is 18.7. The molecule has 2 aromatic heterocycles. The van der Waals surface area contributed by atoms with E-state index in [0.717, 1.165) is 12.8 Å². The Bertz CT molecular complexity index is 1400. The summed E-state index contributed by atoms with van der Waals surface area (Å²) in [6, 6.07) is 7.51. The number of amides is 1. The van der Waals surface area contributed by atoms with Gasteiger partial charge in [0.25, 0.3) is 0 Å². The van der Waals surface area contributed by atoms with E-state index < -0.39 is 6.09 Å². The fourth-order valence-electron chi connectivity index (χ4n) is 4.15. The largest absolute Gasteiger partial charge is 0.465 e. The minimum absolute atomic E-state index is 0.0526. The number of nitrogens with one attached hydrogen (secondary N) is 3. The normalized spacial score (nSPS) is 19.3. The first-order chi connectivity index (χ1) is 16.9. The fraction of sp³-hybridized carbons (Fsp3) is 0.364. The summed E-state index contributed by atoms with van der Waals surface area (Å²) in [6.07, 6.45) is 2.40. The first-order valence-electron chi connectivity index (χ1n) is 11.0. The van der Waals surface area contributed by atoms with Crippen LogP contribution in [0.15, 0.2) is 18.3 Å². The Labute approximate surface area is 205 Å². The number of nitriles is 2. The molecule has 2 aliphatic rings. The molecule has 1 saturated carbocycles. The second-order valence-corrected chi connectivity index (χ2v) is 9.10. The monoisotopic (exact) mass is 492 g/mol. The van der Waals surface area contributed by atoms with Crippen LogP contribution < -0.4 is 20.9 Å². The van der Waals surface area contributed by atoms with Crippen molar-refractivity contribution in [2.75, 3.05) is 28.6 Å². The third-order valence-electron chi connectivity index (χ3n) is 6.09. The van der Waals surface area contributed by atoms with Gasteiger partial charge in [0.1, 0.15) is 6.07 Å². The van der Waals surface area contributed by atoms with Gasteiger partial charge in [-0.3, -0.25) is 0 Å². The summed E-state index contributed by atoms with van der Waals surface area (Å²) in [6.45, 7) is 2.94.